The van der Waals surface area contributed by atoms with Crippen LogP contribution in [0.15, 0.2) is 48.6 Å². The summed E-state index contributed by atoms with van der Waals surface area (Å²) in [6.07, 6.45) is 8.17. The quantitative estimate of drug-likeness (QED) is 0.447. The highest BCUT2D eigenvalue weighted by atomic mass is 32.2. The van der Waals surface area contributed by atoms with Crippen LogP contribution in [0.5, 0.6) is 5.75 Å². The minimum absolute atomic E-state index is 0.00719. The highest BCUT2D eigenvalue weighted by molar-refractivity contribution is 7.89. The molecule has 1 atom stereocenters. The fourth-order valence-corrected chi connectivity index (χ4v) is 4.72. The van der Waals surface area contributed by atoms with Crippen LogP contribution in [0, 0.1) is 0 Å². The number of benzene rings is 2. The third kappa shape index (κ3) is 6.29. The molecule has 1 unspecified atom stereocenters. The molecule has 0 aromatic heterocycles. The number of carbonyl (C=O) groups excluding carboxylic acids is 2. The van der Waals surface area contributed by atoms with Crippen LogP contribution in [0.1, 0.15) is 60.9 Å². The van der Waals surface area contributed by atoms with Gasteiger partial charge < -0.3 is 4.74 Å². The largest absolute Gasteiger partial charge is 0.496 e. The van der Waals surface area contributed by atoms with Gasteiger partial charge in [0.1, 0.15) is 5.75 Å². The van der Waals surface area contributed by atoms with Crippen molar-refractivity contribution < 1.29 is 22.7 Å². The number of Topliss-reactive ketones (excluding diaryl/α,β-unsaturated/α-hetero) is 1. The summed E-state index contributed by atoms with van der Waals surface area (Å²) in [6, 6.07) is 11.3. The zero-order valence-corrected chi connectivity index (χ0v) is 20.5. The van der Waals surface area contributed by atoms with Crippen LogP contribution >= 0.6 is 0 Å². The lowest BCUT2D eigenvalue weighted by molar-refractivity contribution is -0.125. The minimum Gasteiger partial charge on any atom is -0.496 e. The number of carbonyl (C=O) groups is 2. The topological polar surface area (TPSA) is 77.5 Å². The molecule has 0 fully saturated rings. The van der Waals surface area contributed by atoms with Crippen molar-refractivity contribution in [1.82, 2.24) is 0 Å². The average Bonchev–Trinajstić information content (AvgIpc) is 2.71. The third-order valence-electron chi connectivity index (χ3n) is 5.55. The van der Waals surface area contributed by atoms with E-state index in [1.165, 1.54) is 12.3 Å². The first-order valence-corrected chi connectivity index (χ1v) is 12.8. The van der Waals surface area contributed by atoms with Gasteiger partial charge in [0.25, 0.3) is 0 Å². The van der Waals surface area contributed by atoms with Gasteiger partial charge in [-0.3, -0.25) is 9.59 Å². The molecule has 0 saturated heterocycles. The van der Waals surface area contributed by atoms with Crippen LogP contribution in [0.4, 0.5) is 0 Å². The normalized spacial score (nSPS) is 17.1. The predicted octanol–water partition coefficient (Wildman–Crippen LogP) is 4.89. The molecule has 6 heteroatoms. The van der Waals surface area contributed by atoms with Crippen LogP contribution < -0.4 is 4.74 Å². The molecule has 1 aliphatic carbocycles. The number of rotatable bonds is 6. The van der Waals surface area contributed by atoms with E-state index >= 15 is 0 Å². The fraction of sp³-hybridized carbons (Fsp3) is 0.333. The van der Waals surface area contributed by atoms with Crippen molar-refractivity contribution in [3.05, 3.63) is 76.4 Å². The van der Waals surface area contributed by atoms with Crippen LogP contribution in [-0.4, -0.2) is 33.3 Å². The summed E-state index contributed by atoms with van der Waals surface area (Å²) < 4.78 is 28.8. The van der Waals surface area contributed by atoms with E-state index in [0.29, 0.717) is 0 Å². The number of sulfone groups is 1. The Morgan fingerprint density at radius 1 is 1.06 bits per heavy atom. The summed E-state index contributed by atoms with van der Waals surface area (Å²) in [5.74, 6) is 0.00794. The zero-order valence-electron chi connectivity index (χ0n) is 19.7. The second-order valence-electron chi connectivity index (χ2n) is 9.53. The van der Waals surface area contributed by atoms with Crippen molar-refractivity contribution in [2.45, 2.75) is 44.3 Å². The Hall–Kier alpha value is -2.99. The van der Waals surface area contributed by atoms with E-state index < -0.39 is 15.8 Å². The molecule has 2 aromatic carbocycles. The monoisotopic (exact) mass is 466 g/mol. The summed E-state index contributed by atoms with van der Waals surface area (Å²) in [6.45, 7) is 6.26. The lowest BCUT2D eigenvalue weighted by atomic mass is 9.80. The maximum absolute atomic E-state index is 12.6. The summed E-state index contributed by atoms with van der Waals surface area (Å²) in [7, 11) is -1.45. The highest BCUT2D eigenvalue weighted by Crippen LogP contribution is 2.39. The molecular formula is C27H30O5S. The molecule has 0 bridgehead atoms. The molecule has 0 N–H and O–H groups in total. The molecule has 1 aliphatic rings. The van der Waals surface area contributed by atoms with Crippen molar-refractivity contribution in [3.63, 3.8) is 0 Å². The Bertz CT molecular complexity index is 1230. The lowest BCUT2D eigenvalue weighted by Gasteiger charge is -2.26. The molecule has 3 rings (SSSR count). The van der Waals surface area contributed by atoms with E-state index in [-0.39, 0.29) is 29.2 Å². The fourth-order valence-electron chi connectivity index (χ4n) is 3.92. The van der Waals surface area contributed by atoms with Crippen LogP contribution in [0.3, 0.4) is 0 Å². The van der Waals surface area contributed by atoms with Gasteiger partial charge >= 0.3 is 0 Å². The lowest BCUT2D eigenvalue weighted by Crippen LogP contribution is -2.20. The third-order valence-corrected chi connectivity index (χ3v) is 6.40. The van der Waals surface area contributed by atoms with E-state index in [1.807, 2.05) is 36.4 Å². The molecule has 0 heterocycles. The van der Waals surface area contributed by atoms with Gasteiger partial charge in [0, 0.05) is 17.4 Å². The molecule has 0 amide bonds. The Balaban J connectivity index is 2.03. The SMILES string of the molecule is COc1c(/C=C/c2ccc(CS(C)(=O)=O)cc2)cc(C2C=CC(=O)CC2=O)cc1C(C)(C)C. The average molecular weight is 467 g/mol. The standard InChI is InChI=1S/C27H30O5S/c1-27(2,3)24-15-21(23-13-12-22(28)16-25(23)29)14-20(26(24)32-4)11-10-18-6-8-19(9-7-18)17-33(5,30)31/h6-15,23H,16-17H2,1-5H3/b11-10+. The first-order valence-electron chi connectivity index (χ1n) is 10.8. The summed E-state index contributed by atoms with van der Waals surface area (Å²) in [5, 5.41) is 0. The van der Waals surface area contributed by atoms with Crippen LogP contribution in [0.2, 0.25) is 0 Å². The van der Waals surface area contributed by atoms with E-state index in [9.17, 15) is 18.0 Å². The molecular weight excluding hydrogens is 436 g/mol. The van der Waals surface area contributed by atoms with E-state index in [1.54, 1.807) is 25.3 Å². The summed E-state index contributed by atoms with van der Waals surface area (Å²) in [5.41, 5.74) is 4.06. The number of hydrogen-bond acceptors (Lipinski definition) is 5. The summed E-state index contributed by atoms with van der Waals surface area (Å²) >= 11 is 0. The van der Waals surface area contributed by atoms with Gasteiger partial charge in [-0.25, -0.2) is 8.42 Å². The molecule has 2 aromatic rings. The van der Waals surface area contributed by atoms with Crippen molar-refractivity contribution in [3.8, 4) is 5.75 Å². The summed E-state index contributed by atoms with van der Waals surface area (Å²) in [4.78, 5) is 24.2. The molecule has 5 nitrogen and oxygen atoms in total. The van der Waals surface area contributed by atoms with Crippen LogP contribution in [-0.2, 0) is 30.6 Å². The maximum Gasteiger partial charge on any atom is 0.162 e. The first kappa shape index (κ1) is 24.6. The van der Waals surface area contributed by atoms with Gasteiger partial charge in [-0.1, -0.05) is 69.3 Å². The molecule has 0 spiro atoms. The van der Waals surface area contributed by atoms with Crippen molar-refractivity contribution >= 4 is 33.6 Å². The Labute approximate surface area is 196 Å². The number of ether oxygens (including phenoxy) is 1. The van der Waals surface area contributed by atoms with E-state index in [4.69, 9.17) is 4.74 Å². The number of hydrogen-bond donors (Lipinski definition) is 0. The van der Waals surface area contributed by atoms with E-state index in [0.717, 1.165) is 33.6 Å². The van der Waals surface area contributed by atoms with Crippen molar-refractivity contribution in [1.29, 1.82) is 0 Å². The Kier molecular flexibility index (Phi) is 7.08. The smallest absolute Gasteiger partial charge is 0.162 e. The Morgan fingerprint density at radius 3 is 2.27 bits per heavy atom. The zero-order chi connectivity index (χ0) is 24.4. The van der Waals surface area contributed by atoms with Crippen molar-refractivity contribution in [2.24, 2.45) is 0 Å². The van der Waals surface area contributed by atoms with Gasteiger partial charge in [0.15, 0.2) is 21.4 Å². The molecule has 0 radical (unpaired) electrons. The van der Waals surface area contributed by atoms with E-state index in [2.05, 4.69) is 20.8 Å². The first-order chi connectivity index (χ1) is 15.4. The second kappa shape index (κ2) is 9.48. The highest BCUT2D eigenvalue weighted by Gasteiger charge is 2.28. The van der Waals surface area contributed by atoms with Gasteiger partial charge in [-0.15, -0.1) is 0 Å². The molecule has 0 saturated carbocycles. The number of allylic oxidation sites excluding steroid dienone is 2. The Morgan fingerprint density at radius 2 is 1.73 bits per heavy atom. The second-order valence-corrected chi connectivity index (χ2v) is 11.7. The van der Waals surface area contributed by atoms with Gasteiger partial charge in [-0.2, -0.15) is 0 Å². The minimum atomic E-state index is -3.09. The molecule has 174 valence electrons. The van der Waals surface area contributed by atoms with Crippen molar-refractivity contribution in [2.75, 3.05) is 13.4 Å². The van der Waals surface area contributed by atoms with Gasteiger partial charge in [-0.05, 0) is 34.2 Å². The maximum atomic E-state index is 12.6. The molecule has 0 aliphatic heterocycles. The molecule has 33 heavy (non-hydrogen) atoms. The van der Waals surface area contributed by atoms with Gasteiger partial charge in [0.05, 0.1) is 25.2 Å². The number of ketones is 2. The predicted molar refractivity (Wildman–Crippen MR) is 132 cm³/mol. The van der Waals surface area contributed by atoms with Crippen LogP contribution in [0.25, 0.3) is 12.2 Å². The van der Waals surface area contributed by atoms with Gasteiger partial charge in [0.2, 0.25) is 0 Å². The number of methoxy groups -OCH3 is 1.